The highest BCUT2D eigenvalue weighted by Crippen LogP contribution is 2.49. The summed E-state index contributed by atoms with van der Waals surface area (Å²) in [5, 5.41) is 6.79. The number of furan rings is 2. The Morgan fingerprint density at radius 3 is 1.74 bits per heavy atom. The molecular weight excluding hydrogens is 727 g/mol. The molecule has 0 radical (unpaired) electrons. The fourth-order valence-electron chi connectivity index (χ4n) is 8.75. The van der Waals surface area contributed by atoms with E-state index in [1.807, 2.05) is 17.4 Å². The largest absolute Gasteiger partial charge is 0.455 e. The first-order chi connectivity index (χ1) is 28.7. The zero-order valence-corrected chi connectivity index (χ0v) is 32.0. The molecule has 0 unspecified atom stereocenters. The minimum Gasteiger partial charge on any atom is -0.455 e. The van der Waals surface area contributed by atoms with Crippen LogP contribution in [0.25, 0.3) is 97.4 Å². The second kappa shape index (κ2) is 13.1. The molecule has 3 nitrogen and oxygen atoms in total. The van der Waals surface area contributed by atoms with Crippen LogP contribution in [0.15, 0.2) is 209 Å². The van der Waals surface area contributed by atoms with E-state index < -0.39 is 0 Å². The Kier molecular flexibility index (Phi) is 7.40. The Morgan fingerprint density at radius 2 is 0.966 bits per heavy atom. The van der Waals surface area contributed by atoms with Crippen molar-refractivity contribution in [1.29, 1.82) is 0 Å². The maximum Gasteiger partial charge on any atom is 0.145 e. The number of hydrogen-bond donors (Lipinski definition) is 0. The van der Waals surface area contributed by atoms with E-state index in [-0.39, 0.29) is 0 Å². The van der Waals surface area contributed by atoms with Crippen LogP contribution in [0.4, 0.5) is 17.1 Å². The first-order valence-corrected chi connectivity index (χ1v) is 20.4. The van der Waals surface area contributed by atoms with Gasteiger partial charge in [0.2, 0.25) is 0 Å². The summed E-state index contributed by atoms with van der Waals surface area (Å²) < 4.78 is 16.2. The molecular formula is C54H33NO2S. The zero-order valence-electron chi connectivity index (χ0n) is 31.2. The van der Waals surface area contributed by atoms with Crippen molar-refractivity contribution >= 4 is 92.4 Å². The molecule has 0 fully saturated rings. The van der Waals surface area contributed by atoms with E-state index in [0.29, 0.717) is 0 Å². The molecule has 58 heavy (non-hydrogen) atoms. The molecule has 0 N–H and O–H groups in total. The molecule has 9 aromatic carbocycles. The zero-order chi connectivity index (χ0) is 38.2. The maximum atomic E-state index is 7.01. The minimum atomic E-state index is 0.852. The normalized spacial score (nSPS) is 11.8. The summed E-state index contributed by atoms with van der Waals surface area (Å²) in [5.41, 5.74) is 13.3. The molecule has 0 aliphatic rings. The summed E-state index contributed by atoms with van der Waals surface area (Å²) in [6, 6.07) is 71.3. The summed E-state index contributed by atoms with van der Waals surface area (Å²) in [6.45, 7) is 0. The van der Waals surface area contributed by atoms with E-state index >= 15 is 0 Å². The summed E-state index contributed by atoms with van der Waals surface area (Å²) in [6.07, 6.45) is 0. The van der Waals surface area contributed by atoms with Gasteiger partial charge in [-0.15, -0.1) is 11.3 Å². The third-order valence-corrected chi connectivity index (χ3v) is 12.6. The lowest BCUT2D eigenvalue weighted by Crippen LogP contribution is -2.10. The van der Waals surface area contributed by atoms with Gasteiger partial charge in [0, 0.05) is 58.8 Å². The average molecular weight is 760 g/mol. The number of anilines is 3. The SMILES string of the molecule is c1ccc(-c2ccc3c(c2)oc2c(-c4ccccc4)ccc(N(c4ccc5oc6c(-c7ccccc7)cccc6c5c4)c4ccc5sc6ccccc6c5c4)c23)cc1. The van der Waals surface area contributed by atoms with Gasteiger partial charge in [-0.1, -0.05) is 133 Å². The Balaban J connectivity index is 1.14. The molecule has 272 valence electrons. The minimum absolute atomic E-state index is 0.852. The van der Waals surface area contributed by atoms with E-state index in [1.165, 1.54) is 20.2 Å². The van der Waals surface area contributed by atoms with Gasteiger partial charge in [0.15, 0.2) is 0 Å². The molecule has 3 aromatic heterocycles. The Morgan fingerprint density at radius 1 is 0.345 bits per heavy atom. The predicted octanol–water partition coefficient (Wildman–Crippen LogP) is 16.3. The smallest absolute Gasteiger partial charge is 0.145 e. The molecule has 12 aromatic rings. The highest BCUT2D eigenvalue weighted by atomic mass is 32.1. The number of fused-ring (bicyclic) bond motifs is 9. The molecule has 12 rings (SSSR count). The summed E-state index contributed by atoms with van der Waals surface area (Å²) in [4.78, 5) is 2.41. The fourth-order valence-corrected chi connectivity index (χ4v) is 9.84. The Labute approximate surface area is 338 Å². The van der Waals surface area contributed by atoms with Gasteiger partial charge in [-0.2, -0.15) is 0 Å². The molecule has 0 atom stereocenters. The molecule has 0 spiro atoms. The van der Waals surface area contributed by atoms with Gasteiger partial charge in [0.25, 0.3) is 0 Å². The summed E-state index contributed by atoms with van der Waals surface area (Å²) in [5.74, 6) is 0. The third-order valence-electron chi connectivity index (χ3n) is 11.5. The van der Waals surface area contributed by atoms with Gasteiger partial charge < -0.3 is 13.7 Å². The summed E-state index contributed by atoms with van der Waals surface area (Å²) in [7, 11) is 0. The molecule has 0 bridgehead atoms. The van der Waals surface area contributed by atoms with Gasteiger partial charge in [-0.3, -0.25) is 0 Å². The van der Waals surface area contributed by atoms with Crippen LogP contribution >= 0.6 is 11.3 Å². The van der Waals surface area contributed by atoms with Crippen LogP contribution in [0.5, 0.6) is 0 Å². The van der Waals surface area contributed by atoms with Crippen LogP contribution in [-0.4, -0.2) is 0 Å². The number of para-hydroxylation sites is 1. The highest BCUT2D eigenvalue weighted by molar-refractivity contribution is 7.25. The van der Waals surface area contributed by atoms with Crippen molar-refractivity contribution < 1.29 is 8.83 Å². The molecule has 0 saturated carbocycles. The van der Waals surface area contributed by atoms with E-state index in [9.17, 15) is 0 Å². The second-order valence-electron chi connectivity index (χ2n) is 14.8. The third kappa shape index (κ3) is 5.19. The Hall–Kier alpha value is -7.40. The lowest BCUT2D eigenvalue weighted by Gasteiger charge is -2.27. The number of hydrogen-bond acceptors (Lipinski definition) is 4. The quantitative estimate of drug-likeness (QED) is 0.169. The number of benzene rings is 9. The lowest BCUT2D eigenvalue weighted by molar-refractivity contribution is 0.669. The van der Waals surface area contributed by atoms with Gasteiger partial charge in [0.05, 0.1) is 11.1 Å². The van der Waals surface area contributed by atoms with Gasteiger partial charge >= 0.3 is 0 Å². The summed E-state index contributed by atoms with van der Waals surface area (Å²) >= 11 is 1.84. The van der Waals surface area contributed by atoms with E-state index in [4.69, 9.17) is 8.83 Å². The van der Waals surface area contributed by atoms with Gasteiger partial charge in [-0.05, 0) is 89.0 Å². The van der Waals surface area contributed by atoms with Crippen LogP contribution < -0.4 is 4.90 Å². The molecule has 0 aliphatic carbocycles. The standard InChI is InChI=1S/C54H33NO2S/c1-4-13-34(14-5-1)37-23-26-44-49(31-37)57-54-41(36-17-8-3-9-18-36)27-28-47(52(44)54)55(39-25-30-51-46(33-39)42-19-10-11-22-50(42)58-51)38-24-29-48-45(32-38)43-21-12-20-40(53(43)56-48)35-15-6-2-7-16-35/h1-33H. The predicted molar refractivity (Wildman–Crippen MR) is 245 cm³/mol. The molecule has 4 heteroatoms. The number of thiophene rings is 1. The van der Waals surface area contributed by atoms with Gasteiger partial charge in [-0.25, -0.2) is 0 Å². The van der Waals surface area contributed by atoms with Crippen molar-refractivity contribution in [2.45, 2.75) is 0 Å². The van der Waals surface area contributed by atoms with Crippen molar-refractivity contribution in [2.75, 3.05) is 4.90 Å². The average Bonchev–Trinajstić information content (AvgIpc) is 3.98. The highest BCUT2D eigenvalue weighted by Gasteiger charge is 2.24. The number of rotatable bonds is 6. The first-order valence-electron chi connectivity index (χ1n) is 19.6. The van der Waals surface area contributed by atoms with E-state index in [0.717, 1.165) is 94.3 Å². The second-order valence-corrected chi connectivity index (χ2v) is 15.9. The lowest BCUT2D eigenvalue weighted by atomic mass is 9.98. The Bertz CT molecular complexity index is 3510. The van der Waals surface area contributed by atoms with Crippen LogP contribution in [-0.2, 0) is 0 Å². The van der Waals surface area contributed by atoms with Crippen molar-refractivity contribution in [1.82, 2.24) is 0 Å². The monoisotopic (exact) mass is 759 g/mol. The van der Waals surface area contributed by atoms with E-state index in [2.05, 4.69) is 199 Å². The van der Waals surface area contributed by atoms with Crippen molar-refractivity contribution in [3.8, 4) is 33.4 Å². The molecule has 0 amide bonds. The molecule has 0 saturated heterocycles. The van der Waals surface area contributed by atoms with Crippen LogP contribution in [0.3, 0.4) is 0 Å². The molecule has 3 heterocycles. The van der Waals surface area contributed by atoms with Crippen LogP contribution in [0.2, 0.25) is 0 Å². The van der Waals surface area contributed by atoms with E-state index in [1.54, 1.807) is 0 Å². The number of nitrogens with zero attached hydrogens (tertiary/aromatic N) is 1. The van der Waals surface area contributed by atoms with Crippen molar-refractivity contribution in [3.63, 3.8) is 0 Å². The first kappa shape index (κ1) is 32.8. The molecule has 0 aliphatic heterocycles. The van der Waals surface area contributed by atoms with Crippen LogP contribution in [0.1, 0.15) is 0 Å². The van der Waals surface area contributed by atoms with Crippen molar-refractivity contribution in [3.05, 3.63) is 200 Å². The van der Waals surface area contributed by atoms with Crippen molar-refractivity contribution in [2.24, 2.45) is 0 Å². The van der Waals surface area contributed by atoms with Gasteiger partial charge in [0.1, 0.15) is 22.3 Å². The fraction of sp³-hybridized carbons (Fsp3) is 0. The topological polar surface area (TPSA) is 29.5 Å². The van der Waals surface area contributed by atoms with Crippen LogP contribution in [0, 0.1) is 0 Å². The maximum absolute atomic E-state index is 7.01.